The summed E-state index contributed by atoms with van der Waals surface area (Å²) in [5.74, 6) is -0.135. The monoisotopic (exact) mass is 486 g/mol. The maximum Gasteiger partial charge on any atom is 0.257 e. The summed E-state index contributed by atoms with van der Waals surface area (Å²) in [6.07, 6.45) is 6.81. The number of aromatic nitrogens is 1. The molecule has 168 valence electrons. The van der Waals surface area contributed by atoms with Crippen LogP contribution < -0.4 is 10.2 Å². The third-order valence-electron chi connectivity index (χ3n) is 6.36. The van der Waals surface area contributed by atoms with Crippen molar-refractivity contribution in [3.8, 4) is 10.6 Å². The lowest BCUT2D eigenvalue weighted by atomic mass is 9.94. The Balaban J connectivity index is 1.35. The predicted octanol–water partition coefficient (Wildman–Crippen LogP) is 6.23. The lowest BCUT2D eigenvalue weighted by Crippen LogP contribution is -2.50. The molecule has 1 N–H and O–H groups in total. The number of thiazole rings is 1. The molecule has 1 amide bonds. The number of hydrogen-bond acceptors (Lipinski definition) is 6. The molecule has 8 heteroatoms. The molecule has 0 radical (unpaired) electrons. The number of anilines is 2. The molecule has 1 saturated carbocycles. The van der Waals surface area contributed by atoms with Crippen LogP contribution in [0.2, 0.25) is 5.02 Å². The van der Waals surface area contributed by atoms with Crippen molar-refractivity contribution in [1.29, 1.82) is 0 Å². The van der Waals surface area contributed by atoms with Crippen molar-refractivity contribution in [2.45, 2.75) is 38.1 Å². The van der Waals surface area contributed by atoms with Crippen molar-refractivity contribution < 1.29 is 4.79 Å². The molecule has 1 saturated heterocycles. The van der Waals surface area contributed by atoms with Crippen molar-refractivity contribution in [2.24, 2.45) is 0 Å². The number of piperazine rings is 1. The van der Waals surface area contributed by atoms with Crippen LogP contribution in [0.25, 0.3) is 10.6 Å². The summed E-state index contributed by atoms with van der Waals surface area (Å²) >= 11 is 9.37. The highest BCUT2D eigenvalue weighted by molar-refractivity contribution is 7.21. The lowest BCUT2D eigenvalue weighted by molar-refractivity contribution is 0.102. The fraction of sp³-hybridized carbons (Fsp3) is 0.417. The first kappa shape index (κ1) is 21.9. The summed E-state index contributed by atoms with van der Waals surface area (Å²) in [5, 5.41) is 7.40. The van der Waals surface area contributed by atoms with E-state index in [4.69, 9.17) is 16.6 Å². The second kappa shape index (κ2) is 9.91. The fourth-order valence-electron chi connectivity index (χ4n) is 4.67. The number of rotatable bonds is 5. The largest absolute Gasteiger partial charge is 0.359 e. The van der Waals surface area contributed by atoms with E-state index in [9.17, 15) is 4.79 Å². The summed E-state index contributed by atoms with van der Waals surface area (Å²) in [5.41, 5.74) is 1.55. The zero-order valence-corrected chi connectivity index (χ0v) is 20.3. The topological polar surface area (TPSA) is 48.5 Å². The van der Waals surface area contributed by atoms with Gasteiger partial charge in [0, 0.05) is 43.2 Å². The number of carbonyl (C=O) groups excluding carboxylic acids is 1. The first-order valence-electron chi connectivity index (χ1n) is 11.3. The van der Waals surface area contributed by atoms with Gasteiger partial charge in [-0.3, -0.25) is 15.0 Å². The molecular weight excluding hydrogens is 460 g/mol. The zero-order chi connectivity index (χ0) is 21.9. The van der Waals surface area contributed by atoms with Gasteiger partial charge in [0.15, 0.2) is 5.13 Å². The highest BCUT2D eigenvalue weighted by atomic mass is 35.5. The smallest absolute Gasteiger partial charge is 0.257 e. The Morgan fingerprint density at radius 1 is 1.06 bits per heavy atom. The molecule has 0 atom stereocenters. The van der Waals surface area contributed by atoms with Crippen LogP contribution in [0.1, 0.15) is 42.5 Å². The van der Waals surface area contributed by atoms with E-state index in [0.717, 1.165) is 52.8 Å². The van der Waals surface area contributed by atoms with Crippen LogP contribution in [-0.4, -0.2) is 48.0 Å². The Morgan fingerprint density at radius 2 is 1.81 bits per heavy atom. The van der Waals surface area contributed by atoms with E-state index in [-0.39, 0.29) is 5.91 Å². The first-order valence-corrected chi connectivity index (χ1v) is 13.4. The summed E-state index contributed by atoms with van der Waals surface area (Å²) in [4.78, 5) is 23.7. The van der Waals surface area contributed by atoms with Gasteiger partial charge in [0.05, 0.1) is 9.90 Å². The molecule has 2 aliphatic rings. The van der Waals surface area contributed by atoms with E-state index >= 15 is 0 Å². The molecule has 0 spiro atoms. The number of benzene rings is 1. The van der Waals surface area contributed by atoms with Crippen LogP contribution in [0.15, 0.2) is 41.8 Å². The molecule has 3 heterocycles. The maximum absolute atomic E-state index is 12.7. The maximum atomic E-state index is 12.7. The normalized spacial score (nSPS) is 18.1. The van der Waals surface area contributed by atoms with Crippen molar-refractivity contribution in [1.82, 2.24) is 9.88 Å². The average molecular weight is 487 g/mol. The van der Waals surface area contributed by atoms with Gasteiger partial charge in [-0.2, -0.15) is 0 Å². The highest BCUT2D eigenvalue weighted by Gasteiger charge is 2.28. The molecule has 1 aromatic carbocycles. The second-order valence-corrected chi connectivity index (χ2v) is 10.8. The molecule has 2 fully saturated rings. The Labute approximate surface area is 202 Å². The van der Waals surface area contributed by atoms with E-state index in [1.54, 1.807) is 22.7 Å². The van der Waals surface area contributed by atoms with E-state index in [1.165, 1.54) is 32.1 Å². The molecular formula is C24H27ClN4OS2. The van der Waals surface area contributed by atoms with E-state index in [2.05, 4.69) is 15.1 Å². The van der Waals surface area contributed by atoms with Crippen molar-refractivity contribution in [2.75, 3.05) is 36.4 Å². The minimum Gasteiger partial charge on any atom is -0.359 e. The number of thiophene rings is 1. The van der Waals surface area contributed by atoms with Crippen LogP contribution in [0.5, 0.6) is 0 Å². The SMILES string of the molecule is O=C(Nc1nc(-c2cc(Cl)cs2)c(N2CCN(C3CCCCC3)CC2)s1)c1ccccc1. The molecule has 2 aromatic heterocycles. The molecule has 3 aromatic rings. The van der Waals surface area contributed by atoms with Gasteiger partial charge in [-0.25, -0.2) is 4.98 Å². The number of carbonyl (C=O) groups is 1. The molecule has 1 aliphatic heterocycles. The lowest BCUT2D eigenvalue weighted by Gasteiger charge is -2.41. The molecule has 5 nitrogen and oxygen atoms in total. The summed E-state index contributed by atoms with van der Waals surface area (Å²) in [7, 11) is 0. The Hall–Kier alpha value is -1.93. The van der Waals surface area contributed by atoms with Gasteiger partial charge in [-0.1, -0.05) is 60.4 Å². The third kappa shape index (κ3) is 4.86. The number of amides is 1. The van der Waals surface area contributed by atoms with Crippen molar-refractivity contribution in [3.05, 3.63) is 52.4 Å². The van der Waals surface area contributed by atoms with Gasteiger partial charge in [-0.15, -0.1) is 11.3 Å². The van der Waals surface area contributed by atoms with Crippen LogP contribution in [0, 0.1) is 0 Å². The van der Waals surface area contributed by atoms with E-state index < -0.39 is 0 Å². The standard InChI is InChI=1S/C24H27ClN4OS2/c25-18-15-20(31-16-18)21-23(29-13-11-28(12-14-29)19-9-5-2-6-10-19)32-24(26-21)27-22(30)17-7-3-1-4-8-17/h1,3-4,7-8,15-16,19H,2,5-6,9-14H2,(H,26,27,30). The van der Waals surface area contributed by atoms with Crippen LogP contribution >= 0.6 is 34.3 Å². The van der Waals surface area contributed by atoms with Crippen molar-refractivity contribution in [3.63, 3.8) is 0 Å². The van der Waals surface area contributed by atoms with Crippen LogP contribution in [0.4, 0.5) is 10.1 Å². The molecule has 0 unspecified atom stereocenters. The van der Waals surface area contributed by atoms with E-state index in [1.807, 2.05) is 41.8 Å². The highest BCUT2D eigenvalue weighted by Crippen LogP contribution is 2.42. The predicted molar refractivity (Wildman–Crippen MR) is 135 cm³/mol. The van der Waals surface area contributed by atoms with Gasteiger partial charge in [0.25, 0.3) is 5.91 Å². The summed E-state index contributed by atoms with van der Waals surface area (Å²) in [6, 6.07) is 12.0. The molecule has 5 rings (SSSR count). The minimum absolute atomic E-state index is 0.135. The van der Waals surface area contributed by atoms with Gasteiger partial charge in [-0.05, 0) is 31.0 Å². The van der Waals surface area contributed by atoms with Crippen molar-refractivity contribution >= 4 is 50.3 Å². The fourth-order valence-corrected chi connectivity index (χ4v) is 6.83. The Morgan fingerprint density at radius 3 is 2.50 bits per heavy atom. The van der Waals surface area contributed by atoms with E-state index in [0.29, 0.717) is 10.7 Å². The zero-order valence-electron chi connectivity index (χ0n) is 17.9. The second-order valence-electron chi connectivity index (χ2n) is 8.44. The summed E-state index contributed by atoms with van der Waals surface area (Å²) in [6.45, 7) is 4.13. The number of halogens is 1. The van der Waals surface area contributed by atoms with Crippen LogP contribution in [0.3, 0.4) is 0 Å². The van der Waals surface area contributed by atoms with Crippen LogP contribution in [-0.2, 0) is 0 Å². The number of nitrogens with zero attached hydrogens (tertiary/aromatic N) is 3. The first-order chi connectivity index (χ1) is 15.7. The quantitative estimate of drug-likeness (QED) is 0.464. The summed E-state index contributed by atoms with van der Waals surface area (Å²) < 4.78 is 0. The average Bonchev–Trinajstić information content (AvgIpc) is 3.46. The Bertz CT molecular complexity index is 1050. The Kier molecular flexibility index (Phi) is 6.78. The minimum atomic E-state index is -0.135. The van der Waals surface area contributed by atoms with Gasteiger partial charge >= 0.3 is 0 Å². The van der Waals surface area contributed by atoms with Gasteiger partial charge in [0.1, 0.15) is 10.7 Å². The van der Waals surface area contributed by atoms with Gasteiger partial charge < -0.3 is 4.90 Å². The molecule has 0 bridgehead atoms. The van der Waals surface area contributed by atoms with Gasteiger partial charge in [0.2, 0.25) is 0 Å². The number of nitrogens with one attached hydrogen (secondary N) is 1. The molecule has 1 aliphatic carbocycles. The third-order valence-corrected chi connectivity index (χ3v) is 8.68. The molecule has 32 heavy (non-hydrogen) atoms. The number of hydrogen-bond donors (Lipinski definition) is 1.